The van der Waals surface area contributed by atoms with Gasteiger partial charge in [-0.25, -0.2) is 9.67 Å². The van der Waals surface area contributed by atoms with E-state index in [9.17, 15) is 9.90 Å². The number of carbonyl (C=O) groups excluding carboxylic acids is 1. The zero-order chi connectivity index (χ0) is 16.7. The van der Waals surface area contributed by atoms with Crippen LogP contribution in [0.15, 0.2) is 59.6 Å². The van der Waals surface area contributed by atoms with Gasteiger partial charge in [0.05, 0.1) is 16.6 Å². The summed E-state index contributed by atoms with van der Waals surface area (Å²) < 4.78 is 1.81. The summed E-state index contributed by atoms with van der Waals surface area (Å²) in [6, 6.07) is 16.6. The first-order valence-corrected chi connectivity index (χ1v) is 8.37. The molecule has 3 aromatic rings. The van der Waals surface area contributed by atoms with Crippen molar-refractivity contribution in [3.8, 4) is 5.88 Å². The molecule has 0 spiro atoms. The quantitative estimate of drug-likeness (QED) is 0.709. The van der Waals surface area contributed by atoms with E-state index in [1.807, 2.05) is 48.5 Å². The lowest BCUT2D eigenvalue weighted by molar-refractivity contribution is -0.112. The fourth-order valence-corrected chi connectivity index (χ4v) is 3.81. The molecule has 0 atom stereocenters. The predicted molar refractivity (Wildman–Crippen MR) is 95.0 cm³/mol. The molecular formula is C17H11N3O2S2. The second kappa shape index (κ2) is 5.70. The van der Waals surface area contributed by atoms with Crippen LogP contribution < -0.4 is 16.0 Å². The van der Waals surface area contributed by atoms with Gasteiger partial charge in [-0.2, -0.15) is 0 Å². The van der Waals surface area contributed by atoms with E-state index in [0.29, 0.717) is 25.0 Å². The lowest BCUT2D eigenvalue weighted by Gasteiger charge is -2.08. The molecule has 7 heteroatoms. The molecule has 1 amide bonds. The highest BCUT2D eigenvalue weighted by Gasteiger charge is 2.25. The van der Waals surface area contributed by atoms with Crippen LogP contribution >= 0.6 is 23.6 Å². The third kappa shape index (κ3) is 2.34. The topological polar surface area (TPSA) is 66.6 Å². The van der Waals surface area contributed by atoms with Crippen molar-refractivity contribution in [2.75, 3.05) is 5.43 Å². The normalized spacial score (nSPS) is 12.8. The number of fused-ring (bicyclic) bond motifs is 1. The average Bonchev–Trinajstić information content (AvgIpc) is 3.06. The summed E-state index contributed by atoms with van der Waals surface area (Å²) in [4.78, 5) is 16.7. The average molecular weight is 353 g/mol. The second-order valence-corrected chi connectivity index (χ2v) is 6.79. The number of hydrogen-bond donors (Lipinski definition) is 2. The number of anilines is 1. The van der Waals surface area contributed by atoms with Crippen molar-refractivity contribution >= 4 is 40.7 Å². The fraction of sp³-hybridized carbons (Fsp3) is 0. The summed E-state index contributed by atoms with van der Waals surface area (Å²) >= 11 is 6.51. The van der Waals surface area contributed by atoms with Crippen molar-refractivity contribution in [2.24, 2.45) is 4.99 Å². The van der Waals surface area contributed by atoms with Gasteiger partial charge in [0.1, 0.15) is 4.88 Å². The number of para-hydroxylation sites is 2. The maximum absolute atomic E-state index is 12.3. The fourth-order valence-electron chi connectivity index (χ4n) is 2.55. The Hall–Kier alpha value is -2.77. The molecular weight excluding hydrogens is 342 g/mol. The first-order chi connectivity index (χ1) is 11.6. The van der Waals surface area contributed by atoms with E-state index in [1.165, 1.54) is 16.0 Å². The van der Waals surface area contributed by atoms with Gasteiger partial charge in [-0.05, 0) is 30.4 Å². The maximum atomic E-state index is 12.3. The molecule has 2 N–H and O–H groups in total. The van der Waals surface area contributed by atoms with Crippen LogP contribution in [0.2, 0.25) is 0 Å². The molecule has 0 saturated carbocycles. The first-order valence-electron chi connectivity index (χ1n) is 7.15. The summed E-state index contributed by atoms with van der Waals surface area (Å²) in [5, 5.41) is 11.9. The van der Waals surface area contributed by atoms with Gasteiger partial charge in [0.2, 0.25) is 5.88 Å². The number of amides is 1. The van der Waals surface area contributed by atoms with Gasteiger partial charge in [-0.15, -0.1) is 0 Å². The van der Waals surface area contributed by atoms with Crippen molar-refractivity contribution in [1.82, 2.24) is 4.68 Å². The van der Waals surface area contributed by atoms with Crippen LogP contribution in [0, 0.1) is 3.95 Å². The number of thiazole rings is 1. The summed E-state index contributed by atoms with van der Waals surface area (Å²) in [6.45, 7) is 0. The molecule has 2 aromatic carbocycles. The Balaban J connectivity index is 1.88. The molecule has 0 aliphatic carbocycles. The van der Waals surface area contributed by atoms with E-state index in [0.717, 1.165) is 5.69 Å². The molecule has 118 valence electrons. The van der Waals surface area contributed by atoms with E-state index in [4.69, 9.17) is 12.2 Å². The zero-order valence-electron chi connectivity index (χ0n) is 12.3. The number of nitrogens with one attached hydrogen (secondary N) is 1. The molecule has 1 aliphatic heterocycles. The van der Waals surface area contributed by atoms with Crippen molar-refractivity contribution in [3.63, 3.8) is 0 Å². The number of benzene rings is 2. The van der Waals surface area contributed by atoms with E-state index < -0.39 is 0 Å². The number of hydrogen-bond acceptors (Lipinski definition) is 5. The molecule has 0 saturated heterocycles. The SMILES string of the molecule is O=C1N=c2ccccc2=C1c1sc(=S)n(Nc2ccccc2)c1O. The highest BCUT2D eigenvalue weighted by molar-refractivity contribution is 7.73. The van der Waals surface area contributed by atoms with Crippen LogP contribution in [-0.2, 0) is 4.79 Å². The van der Waals surface area contributed by atoms with Gasteiger partial charge >= 0.3 is 0 Å². The summed E-state index contributed by atoms with van der Waals surface area (Å²) in [6.07, 6.45) is 0. The summed E-state index contributed by atoms with van der Waals surface area (Å²) in [5.41, 5.74) is 4.20. The van der Waals surface area contributed by atoms with Gasteiger partial charge in [-0.3, -0.25) is 10.2 Å². The lowest BCUT2D eigenvalue weighted by atomic mass is 10.1. The molecule has 0 bridgehead atoms. The molecule has 2 heterocycles. The molecule has 0 fully saturated rings. The van der Waals surface area contributed by atoms with Crippen LogP contribution in [0.4, 0.5) is 5.69 Å². The highest BCUT2D eigenvalue weighted by atomic mass is 32.1. The molecule has 24 heavy (non-hydrogen) atoms. The minimum absolute atomic E-state index is 0.0934. The van der Waals surface area contributed by atoms with Gasteiger partial charge < -0.3 is 5.11 Å². The van der Waals surface area contributed by atoms with E-state index in [1.54, 1.807) is 6.07 Å². The number of aromatic nitrogens is 1. The minimum Gasteiger partial charge on any atom is -0.492 e. The van der Waals surface area contributed by atoms with Gasteiger partial charge in [0.25, 0.3) is 5.91 Å². The summed E-state index contributed by atoms with van der Waals surface area (Å²) in [7, 11) is 0. The smallest absolute Gasteiger partial charge is 0.279 e. The van der Waals surface area contributed by atoms with Gasteiger partial charge in [0.15, 0.2) is 3.95 Å². The lowest BCUT2D eigenvalue weighted by Crippen LogP contribution is -2.22. The van der Waals surface area contributed by atoms with Crippen LogP contribution in [0.25, 0.3) is 5.57 Å². The van der Waals surface area contributed by atoms with Crippen LogP contribution in [-0.4, -0.2) is 15.7 Å². The first kappa shape index (κ1) is 14.8. The zero-order valence-corrected chi connectivity index (χ0v) is 13.9. The van der Waals surface area contributed by atoms with Crippen molar-refractivity contribution < 1.29 is 9.90 Å². The van der Waals surface area contributed by atoms with Crippen LogP contribution in [0.5, 0.6) is 5.88 Å². The number of nitrogens with zero attached hydrogens (tertiary/aromatic N) is 2. The monoisotopic (exact) mass is 353 g/mol. The Bertz CT molecular complexity index is 1130. The Morgan fingerprint density at radius 1 is 1.08 bits per heavy atom. The number of rotatable bonds is 3. The Kier molecular flexibility index (Phi) is 3.51. The number of aromatic hydroxyl groups is 1. The van der Waals surface area contributed by atoms with Gasteiger partial charge in [0, 0.05) is 5.22 Å². The second-order valence-electron chi connectivity index (χ2n) is 5.14. The van der Waals surface area contributed by atoms with Crippen LogP contribution in [0.3, 0.4) is 0 Å². The number of carbonyl (C=O) groups is 1. The minimum atomic E-state index is -0.366. The van der Waals surface area contributed by atoms with Crippen molar-refractivity contribution in [3.05, 3.63) is 74.0 Å². The van der Waals surface area contributed by atoms with E-state index in [2.05, 4.69) is 10.4 Å². The van der Waals surface area contributed by atoms with Crippen molar-refractivity contribution in [2.45, 2.75) is 0 Å². The molecule has 1 aliphatic rings. The maximum Gasteiger partial charge on any atom is 0.279 e. The standard InChI is InChI=1S/C17H11N3O2S2/c21-15-13(11-8-4-5-9-12(11)18-15)14-16(22)20(17(23)24-14)19-10-6-2-1-3-7-10/h1-9,19,22H. The Morgan fingerprint density at radius 2 is 1.79 bits per heavy atom. The molecule has 0 unspecified atom stereocenters. The van der Waals surface area contributed by atoms with E-state index in [-0.39, 0.29) is 11.8 Å². The molecule has 5 nitrogen and oxygen atoms in total. The third-order valence-electron chi connectivity index (χ3n) is 3.64. The largest absolute Gasteiger partial charge is 0.492 e. The predicted octanol–water partition coefficient (Wildman–Crippen LogP) is 2.22. The molecule has 4 rings (SSSR count). The van der Waals surface area contributed by atoms with E-state index >= 15 is 0 Å². The Labute approximate surface area is 145 Å². The molecule has 0 radical (unpaired) electrons. The molecule has 1 aromatic heterocycles. The highest BCUT2D eigenvalue weighted by Crippen LogP contribution is 2.32. The van der Waals surface area contributed by atoms with Crippen LogP contribution in [0.1, 0.15) is 4.88 Å². The Morgan fingerprint density at radius 3 is 2.58 bits per heavy atom. The third-order valence-corrected chi connectivity index (χ3v) is 5.02. The van der Waals surface area contributed by atoms with Gasteiger partial charge in [-0.1, -0.05) is 47.7 Å². The summed E-state index contributed by atoms with van der Waals surface area (Å²) in [5.74, 6) is -0.460. The van der Waals surface area contributed by atoms with Crippen molar-refractivity contribution in [1.29, 1.82) is 0 Å².